The molecule has 6 rings (SSSR count). The smallest absolute Gasteiger partial charge is 0.153 e. The normalized spacial score (nSPS) is 15.3. The molecule has 2 aromatic carbocycles. The van der Waals surface area contributed by atoms with Gasteiger partial charge >= 0.3 is 0 Å². The van der Waals surface area contributed by atoms with Crippen LogP contribution >= 0.6 is 0 Å². The van der Waals surface area contributed by atoms with E-state index < -0.39 is 5.41 Å². The van der Waals surface area contributed by atoms with Crippen LogP contribution in [0.1, 0.15) is 94.7 Å². The van der Waals surface area contributed by atoms with Gasteiger partial charge in [-0.1, -0.05) is 116 Å². The summed E-state index contributed by atoms with van der Waals surface area (Å²) in [4.78, 5) is 10.7. The Balaban J connectivity index is 1.60. The molecule has 46 heavy (non-hydrogen) atoms. The number of aromatic nitrogens is 4. The lowest BCUT2D eigenvalue weighted by molar-refractivity contribution is 0.543. The van der Waals surface area contributed by atoms with Gasteiger partial charge in [0, 0.05) is 34.4 Å². The molecule has 1 aliphatic carbocycles. The maximum absolute atomic E-state index is 8.42. The average molecular weight is 609 g/mol. The van der Waals surface area contributed by atoms with Crippen LogP contribution in [0.15, 0.2) is 109 Å². The van der Waals surface area contributed by atoms with Crippen LogP contribution in [0.2, 0.25) is 0 Å². The fourth-order valence-electron chi connectivity index (χ4n) is 6.48. The van der Waals surface area contributed by atoms with Crippen molar-refractivity contribution >= 4 is 11.5 Å². The van der Waals surface area contributed by atoms with E-state index in [-0.39, 0.29) is 16.2 Å². The quantitative estimate of drug-likeness (QED) is 0.189. The second-order valence-electron chi connectivity index (χ2n) is 14.8. The number of pyridine rings is 2. The molecule has 6 heteroatoms. The molecule has 0 radical (unpaired) electrons. The first kappa shape index (κ1) is 31.2. The van der Waals surface area contributed by atoms with E-state index in [2.05, 4.69) is 113 Å². The van der Waals surface area contributed by atoms with Crippen molar-refractivity contribution in [2.24, 2.45) is 5.41 Å². The Kier molecular flexibility index (Phi) is 7.58. The molecule has 0 amide bonds. The molecule has 0 bridgehead atoms. The predicted molar refractivity (Wildman–Crippen MR) is 188 cm³/mol. The summed E-state index contributed by atoms with van der Waals surface area (Å²) < 4.78 is 1.88. The molecule has 0 saturated heterocycles. The number of nitrogens with zero attached hydrogens (tertiary/aromatic N) is 4. The van der Waals surface area contributed by atoms with Gasteiger partial charge in [0.05, 0.1) is 17.1 Å². The van der Waals surface area contributed by atoms with Crippen molar-refractivity contribution in [3.8, 4) is 5.82 Å². The Hall–Kier alpha value is -4.84. The summed E-state index contributed by atoms with van der Waals surface area (Å²) >= 11 is 0. The van der Waals surface area contributed by atoms with E-state index in [1.807, 2.05) is 56.0 Å². The van der Waals surface area contributed by atoms with E-state index in [0.29, 0.717) is 11.5 Å². The van der Waals surface area contributed by atoms with E-state index in [0.717, 1.165) is 34.0 Å². The summed E-state index contributed by atoms with van der Waals surface area (Å²) in [7, 11) is 0. The minimum atomic E-state index is -0.807. The van der Waals surface area contributed by atoms with Crippen molar-refractivity contribution in [2.75, 3.05) is 5.32 Å². The highest BCUT2D eigenvalue weighted by Gasteiger charge is 2.50. The van der Waals surface area contributed by atoms with E-state index in [1.165, 1.54) is 11.1 Å². The SMILES string of the molecule is CC(C)(C)C(=N)/C=C\Nc1cccc(C2(c3cccc(-n4ccc(C(C)(C)C)n4)n3)c3ccccc3C(C)(C)c3ccccc32)n1. The molecule has 234 valence electrons. The van der Waals surface area contributed by atoms with Crippen LogP contribution in [0.3, 0.4) is 0 Å². The van der Waals surface area contributed by atoms with Crippen LogP contribution in [-0.4, -0.2) is 25.5 Å². The second kappa shape index (κ2) is 11.2. The van der Waals surface area contributed by atoms with Crippen LogP contribution in [0, 0.1) is 10.8 Å². The molecular formula is C40H44N6. The largest absolute Gasteiger partial charge is 0.347 e. The topological polar surface area (TPSA) is 79.5 Å². The summed E-state index contributed by atoms with van der Waals surface area (Å²) in [5.41, 5.74) is 6.76. The van der Waals surface area contributed by atoms with Crippen LogP contribution in [0.25, 0.3) is 5.82 Å². The molecule has 2 N–H and O–H groups in total. The van der Waals surface area contributed by atoms with Gasteiger partial charge in [0.1, 0.15) is 11.2 Å². The van der Waals surface area contributed by atoms with E-state index in [4.69, 9.17) is 20.5 Å². The van der Waals surface area contributed by atoms with Gasteiger partial charge in [0.25, 0.3) is 0 Å². The number of allylic oxidation sites excluding steroid dienone is 1. The Labute approximate surface area is 273 Å². The van der Waals surface area contributed by atoms with E-state index in [9.17, 15) is 0 Å². The Morgan fingerprint density at radius 1 is 0.717 bits per heavy atom. The maximum atomic E-state index is 8.42. The molecular weight excluding hydrogens is 564 g/mol. The maximum Gasteiger partial charge on any atom is 0.153 e. The van der Waals surface area contributed by atoms with Gasteiger partial charge in [-0.15, -0.1) is 0 Å². The van der Waals surface area contributed by atoms with Crippen molar-refractivity contribution in [3.63, 3.8) is 0 Å². The molecule has 6 nitrogen and oxygen atoms in total. The zero-order chi connectivity index (χ0) is 32.9. The zero-order valence-electron chi connectivity index (χ0n) is 28.2. The molecule has 0 spiro atoms. The highest BCUT2D eigenvalue weighted by molar-refractivity contribution is 5.96. The number of benzene rings is 2. The highest BCUT2D eigenvalue weighted by Crippen LogP contribution is 2.55. The van der Waals surface area contributed by atoms with Crippen molar-refractivity contribution in [3.05, 3.63) is 149 Å². The van der Waals surface area contributed by atoms with Crippen molar-refractivity contribution in [1.29, 1.82) is 5.41 Å². The number of anilines is 1. The van der Waals surface area contributed by atoms with Gasteiger partial charge in [0.2, 0.25) is 0 Å². The summed E-state index contributed by atoms with van der Waals surface area (Å²) in [5.74, 6) is 1.46. The van der Waals surface area contributed by atoms with Crippen LogP contribution in [0.5, 0.6) is 0 Å². The average Bonchev–Trinajstić information content (AvgIpc) is 3.53. The fourth-order valence-corrected chi connectivity index (χ4v) is 6.48. The summed E-state index contributed by atoms with van der Waals surface area (Å²) in [6.45, 7) is 17.2. The van der Waals surface area contributed by atoms with E-state index in [1.54, 1.807) is 6.08 Å². The first-order chi connectivity index (χ1) is 21.7. The number of nitrogens with one attached hydrogen (secondary N) is 2. The number of hydrogen-bond donors (Lipinski definition) is 2. The molecule has 0 fully saturated rings. The molecule has 5 aromatic rings. The second-order valence-corrected chi connectivity index (χ2v) is 14.8. The monoisotopic (exact) mass is 608 g/mol. The predicted octanol–water partition coefficient (Wildman–Crippen LogP) is 8.97. The lowest BCUT2D eigenvalue weighted by Crippen LogP contribution is -2.43. The zero-order valence-corrected chi connectivity index (χ0v) is 28.2. The molecule has 3 aromatic heterocycles. The molecule has 1 aliphatic rings. The third kappa shape index (κ3) is 5.26. The fraction of sp³-hybridized carbons (Fsp3) is 0.300. The molecule has 3 heterocycles. The molecule has 0 atom stereocenters. The summed E-state index contributed by atoms with van der Waals surface area (Å²) in [6.07, 6.45) is 5.61. The minimum Gasteiger partial charge on any atom is -0.347 e. The standard InChI is InChI=1S/C40H44N6/c1-37(2,3)31(41)23-25-42-35-21-13-19-33(43-35)40(34-20-14-22-36(44-34)46-26-24-32(45-46)38(4,5)6)29-17-11-9-15-27(29)39(7,8)28-16-10-12-18-30(28)40/h9-26,41H,1-8H3,(H,42,43)/b25-23-,41-31?. The van der Waals surface area contributed by atoms with E-state index >= 15 is 0 Å². The molecule has 0 aliphatic heterocycles. The van der Waals surface area contributed by atoms with Crippen molar-refractivity contribution in [2.45, 2.75) is 71.6 Å². The number of hydrogen-bond acceptors (Lipinski definition) is 5. The minimum absolute atomic E-state index is 0.0753. The van der Waals surface area contributed by atoms with Crippen LogP contribution in [-0.2, 0) is 16.2 Å². The Bertz CT molecular complexity index is 1900. The lowest BCUT2D eigenvalue weighted by Gasteiger charge is -2.46. The summed E-state index contributed by atoms with van der Waals surface area (Å²) in [5, 5.41) is 16.7. The Morgan fingerprint density at radius 2 is 1.28 bits per heavy atom. The summed E-state index contributed by atoms with van der Waals surface area (Å²) in [6, 6.07) is 31.9. The number of rotatable bonds is 6. The van der Waals surface area contributed by atoms with Gasteiger partial charge in [-0.25, -0.2) is 14.6 Å². The van der Waals surface area contributed by atoms with Crippen LogP contribution < -0.4 is 5.32 Å². The van der Waals surface area contributed by atoms with Crippen LogP contribution in [0.4, 0.5) is 5.82 Å². The molecule has 0 unspecified atom stereocenters. The van der Waals surface area contributed by atoms with Gasteiger partial charge in [-0.3, -0.25) is 0 Å². The highest BCUT2D eigenvalue weighted by atomic mass is 15.3. The third-order valence-electron chi connectivity index (χ3n) is 9.14. The van der Waals surface area contributed by atoms with Gasteiger partial charge in [-0.05, 0) is 58.7 Å². The van der Waals surface area contributed by atoms with Crippen molar-refractivity contribution in [1.82, 2.24) is 19.7 Å². The molecule has 0 saturated carbocycles. The number of fused-ring (bicyclic) bond motifs is 2. The first-order valence-electron chi connectivity index (χ1n) is 16.0. The van der Waals surface area contributed by atoms with Gasteiger partial charge in [-0.2, -0.15) is 5.10 Å². The third-order valence-corrected chi connectivity index (χ3v) is 9.14. The van der Waals surface area contributed by atoms with Gasteiger partial charge < -0.3 is 10.7 Å². The lowest BCUT2D eigenvalue weighted by atomic mass is 9.56. The Morgan fingerprint density at radius 3 is 1.85 bits per heavy atom. The van der Waals surface area contributed by atoms with Crippen molar-refractivity contribution < 1.29 is 0 Å². The van der Waals surface area contributed by atoms with Gasteiger partial charge in [0.15, 0.2) is 5.82 Å². The first-order valence-corrected chi connectivity index (χ1v) is 16.0.